The molecule has 2 heteroatoms. The quantitative estimate of drug-likeness (QED) is 0.691. The van der Waals surface area contributed by atoms with Crippen LogP contribution in [0.3, 0.4) is 0 Å². The third kappa shape index (κ3) is 5.19. The van der Waals surface area contributed by atoms with Gasteiger partial charge >= 0.3 is 0 Å². The smallest absolute Gasteiger partial charge is 0.0431 e. The molecule has 0 aliphatic carbocycles. The molecule has 2 N–H and O–H groups in total. The van der Waals surface area contributed by atoms with Gasteiger partial charge in [0.25, 0.3) is 0 Å². The van der Waals surface area contributed by atoms with Gasteiger partial charge in [0.2, 0.25) is 0 Å². The molecule has 0 radical (unpaired) electrons. The van der Waals surface area contributed by atoms with Crippen LogP contribution in [-0.2, 0) is 0 Å². The van der Waals surface area contributed by atoms with Gasteiger partial charge in [-0.25, -0.2) is 0 Å². The van der Waals surface area contributed by atoms with E-state index in [1.165, 1.54) is 29.5 Å². The van der Waals surface area contributed by atoms with Crippen LogP contribution in [-0.4, -0.2) is 18.3 Å². The van der Waals surface area contributed by atoms with Gasteiger partial charge < -0.3 is 10.4 Å². The topological polar surface area (TPSA) is 32.3 Å². The molecule has 1 aromatic carbocycles. The minimum absolute atomic E-state index is 0.326. The lowest BCUT2D eigenvalue weighted by atomic mass is 10.0. The van der Waals surface area contributed by atoms with Crippen LogP contribution in [0.4, 0.5) is 0 Å². The number of hydrogen-bond acceptors (Lipinski definition) is 2. The van der Waals surface area contributed by atoms with Crippen LogP contribution >= 0.6 is 0 Å². The number of rotatable bonds is 8. The molecule has 0 fully saturated rings. The Morgan fingerprint density at radius 2 is 1.83 bits per heavy atom. The number of aryl methyl sites for hydroxylation is 2. The molecule has 1 unspecified atom stereocenters. The Kier molecular flexibility index (Phi) is 6.99. The maximum absolute atomic E-state index is 8.70. The van der Waals surface area contributed by atoms with Gasteiger partial charge in [0.05, 0.1) is 0 Å². The van der Waals surface area contributed by atoms with Gasteiger partial charge in [0.1, 0.15) is 0 Å². The first-order valence-corrected chi connectivity index (χ1v) is 7.06. The van der Waals surface area contributed by atoms with Gasteiger partial charge in [-0.2, -0.15) is 0 Å². The van der Waals surface area contributed by atoms with Crippen molar-refractivity contribution in [3.8, 4) is 0 Å². The molecule has 0 spiro atoms. The fourth-order valence-corrected chi connectivity index (χ4v) is 2.33. The van der Waals surface area contributed by atoms with Crippen molar-refractivity contribution in [1.29, 1.82) is 0 Å². The minimum Gasteiger partial charge on any atom is -0.396 e. The summed E-state index contributed by atoms with van der Waals surface area (Å²) in [5, 5.41) is 12.3. The van der Waals surface area contributed by atoms with Crippen LogP contribution in [0.15, 0.2) is 18.2 Å². The van der Waals surface area contributed by atoms with E-state index in [0.29, 0.717) is 12.6 Å². The van der Waals surface area contributed by atoms with Gasteiger partial charge in [0, 0.05) is 12.6 Å². The summed E-state index contributed by atoms with van der Waals surface area (Å²) >= 11 is 0. The number of aliphatic hydroxyl groups excluding tert-OH is 1. The summed E-state index contributed by atoms with van der Waals surface area (Å²) in [7, 11) is 0. The van der Waals surface area contributed by atoms with Crippen molar-refractivity contribution in [2.45, 2.75) is 52.5 Å². The van der Waals surface area contributed by atoms with Crippen LogP contribution in [0.5, 0.6) is 0 Å². The molecule has 102 valence electrons. The van der Waals surface area contributed by atoms with Gasteiger partial charge in [0.15, 0.2) is 0 Å². The van der Waals surface area contributed by atoms with E-state index in [2.05, 4.69) is 44.3 Å². The SMILES string of the molecule is Cc1ccc(C(C)NCCCCCCO)c(C)c1. The Bertz CT molecular complexity index is 349. The molecule has 0 amide bonds. The number of unbranched alkanes of at least 4 members (excludes halogenated alkanes) is 3. The number of nitrogens with one attached hydrogen (secondary N) is 1. The highest BCUT2D eigenvalue weighted by atomic mass is 16.2. The normalized spacial score (nSPS) is 12.7. The molecule has 0 saturated carbocycles. The van der Waals surface area contributed by atoms with Gasteiger partial charge in [-0.3, -0.25) is 0 Å². The van der Waals surface area contributed by atoms with Crippen molar-refractivity contribution in [3.05, 3.63) is 34.9 Å². The maximum atomic E-state index is 8.70. The molecule has 0 bridgehead atoms. The van der Waals surface area contributed by atoms with Gasteiger partial charge in [-0.05, 0) is 51.3 Å². The summed E-state index contributed by atoms with van der Waals surface area (Å²) in [6, 6.07) is 7.08. The summed E-state index contributed by atoms with van der Waals surface area (Å²) < 4.78 is 0. The number of aliphatic hydroxyl groups is 1. The Balaban J connectivity index is 2.29. The molecule has 0 aliphatic rings. The molecule has 18 heavy (non-hydrogen) atoms. The molecule has 0 aliphatic heterocycles. The summed E-state index contributed by atoms with van der Waals surface area (Å²) in [5.74, 6) is 0. The standard InChI is InChI=1S/C16H27NO/c1-13-8-9-16(14(2)12-13)15(3)17-10-6-4-5-7-11-18/h8-9,12,15,17-18H,4-7,10-11H2,1-3H3. The largest absolute Gasteiger partial charge is 0.396 e. The number of benzene rings is 1. The van der Waals surface area contributed by atoms with Crippen molar-refractivity contribution in [1.82, 2.24) is 5.32 Å². The molecule has 1 rings (SSSR count). The van der Waals surface area contributed by atoms with Crippen molar-refractivity contribution in [2.75, 3.05) is 13.2 Å². The highest BCUT2D eigenvalue weighted by Gasteiger charge is 2.07. The lowest BCUT2D eigenvalue weighted by Gasteiger charge is -2.17. The average molecular weight is 249 g/mol. The molecular weight excluding hydrogens is 222 g/mol. The molecule has 0 saturated heterocycles. The Hall–Kier alpha value is -0.860. The van der Waals surface area contributed by atoms with Crippen LogP contribution in [0.2, 0.25) is 0 Å². The van der Waals surface area contributed by atoms with Crippen molar-refractivity contribution in [3.63, 3.8) is 0 Å². The lowest BCUT2D eigenvalue weighted by molar-refractivity contribution is 0.282. The minimum atomic E-state index is 0.326. The molecule has 0 aromatic heterocycles. The van der Waals surface area contributed by atoms with E-state index < -0.39 is 0 Å². The Morgan fingerprint density at radius 1 is 1.11 bits per heavy atom. The fourth-order valence-electron chi connectivity index (χ4n) is 2.33. The summed E-state index contributed by atoms with van der Waals surface area (Å²) in [6.45, 7) is 7.93. The zero-order chi connectivity index (χ0) is 13.4. The van der Waals surface area contributed by atoms with Gasteiger partial charge in [-0.15, -0.1) is 0 Å². The lowest BCUT2D eigenvalue weighted by Crippen LogP contribution is -2.20. The highest BCUT2D eigenvalue weighted by molar-refractivity contribution is 5.32. The predicted octanol–water partition coefficient (Wildman–Crippen LogP) is 3.51. The molecule has 2 nitrogen and oxygen atoms in total. The van der Waals surface area contributed by atoms with E-state index in [1.807, 2.05) is 0 Å². The van der Waals surface area contributed by atoms with E-state index in [4.69, 9.17) is 5.11 Å². The van der Waals surface area contributed by atoms with E-state index in [-0.39, 0.29) is 0 Å². The van der Waals surface area contributed by atoms with Crippen LogP contribution in [0.1, 0.15) is 55.3 Å². The Labute approximate surface area is 111 Å². The maximum Gasteiger partial charge on any atom is 0.0431 e. The molecule has 1 atom stereocenters. The van der Waals surface area contributed by atoms with Gasteiger partial charge in [-0.1, -0.05) is 36.6 Å². The zero-order valence-electron chi connectivity index (χ0n) is 12.0. The van der Waals surface area contributed by atoms with E-state index in [9.17, 15) is 0 Å². The molecular formula is C16H27NO. The van der Waals surface area contributed by atoms with Crippen molar-refractivity contribution >= 4 is 0 Å². The van der Waals surface area contributed by atoms with E-state index in [0.717, 1.165) is 19.4 Å². The van der Waals surface area contributed by atoms with E-state index >= 15 is 0 Å². The van der Waals surface area contributed by atoms with Crippen LogP contribution in [0.25, 0.3) is 0 Å². The first-order chi connectivity index (χ1) is 8.65. The average Bonchev–Trinajstić information content (AvgIpc) is 2.33. The first-order valence-electron chi connectivity index (χ1n) is 7.06. The molecule has 0 heterocycles. The summed E-state index contributed by atoms with van der Waals surface area (Å²) in [6.07, 6.45) is 4.46. The number of hydrogen-bond donors (Lipinski definition) is 2. The fraction of sp³-hybridized carbons (Fsp3) is 0.625. The zero-order valence-corrected chi connectivity index (χ0v) is 12.0. The van der Waals surface area contributed by atoms with Crippen molar-refractivity contribution in [2.24, 2.45) is 0 Å². The summed E-state index contributed by atoms with van der Waals surface area (Å²) in [5.41, 5.74) is 4.10. The van der Waals surface area contributed by atoms with E-state index in [1.54, 1.807) is 0 Å². The van der Waals surface area contributed by atoms with Crippen molar-refractivity contribution < 1.29 is 5.11 Å². The third-order valence-electron chi connectivity index (χ3n) is 3.43. The first kappa shape index (κ1) is 15.2. The Morgan fingerprint density at radius 3 is 2.50 bits per heavy atom. The van der Waals surface area contributed by atoms with Crippen LogP contribution < -0.4 is 5.32 Å². The molecule has 1 aromatic rings. The second-order valence-corrected chi connectivity index (χ2v) is 5.17. The second-order valence-electron chi connectivity index (χ2n) is 5.17. The second kappa shape index (κ2) is 8.28. The monoisotopic (exact) mass is 249 g/mol. The third-order valence-corrected chi connectivity index (χ3v) is 3.43. The summed E-state index contributed by atoms with van der Waals surface area (Å²) in [4.78, 5) is 0. The predicted molar refractivity (Wildman–Crippen MR) is 77.9 cm³/mol. The van der Waals surface area contributed by atoms with Crippen LogP contribution in [0, 0.1) is 13.8 Å². The highest BCUT2D eigenvalue weighted by Crippen LogP contribution is 2.18.